The van der Waals surface area contributed by atoms with E-state index in [1.165, 1.54) is 11.1 Å². The lowest BCUT2D eigenvalue weighted by molar-refractivity contribution is -0.00836. The van der Waals surface area contributed by atoms with Crippen LogP contribution in [0, 0.1) is 0 Å². The zero-order valence-corrected chi connectivity index (χ0v) is 14.0. The molecule has 2 heteroatoms. The summed E-state index contributed by atoms with van der Waals surface area (Å²) in [5.74, 6) is 0. The highest BCUT2D eigenvalue weighted by molar-refractivity contribution is 5.17. The Hall–Kier alpha value is -1.64. The van der Waals surface area contributed by atoms with E-state index in [0.717, 1.165) is 38.8 Å². The third-order valence-electron chi connectivity index (χ3n) is 5.01. The molecular weight excluding hydrogens is 282 g/mol. The molecule has 1 fully saturated rings. The Labute approximate surface area is 139 Å². The lowest BCUT2D eigenvalue weighted by Crippen LogP contribution is -2.41. The molecule has 0 unspecified atom stereocenters. The smallest absolute Gasteiger partial charge is 0.0621 e. The van der Waals surface area contributed by atoms with E-state index >= 15 is 0 Å². The van der Waals surface area contributed by atoms with Crippen molar-refractivity contribution in [3.05, 3.63) is 71.8 Å². The van der Waals surface area contributed by atoms with E-state index < -0.39 is 5.60 Å². The van der Waals surface area contributed by atoms with Crippen LogP contribution in [0.2, 0.25) is 0 Å². The maximum Gasteiger partial charge on any atom is 0.0621 e. The summed E-state index contributed by atoms with van der Waals surface area (Å²) < 4.78 is 0. The molecule has 1 saturated carbocycles. The molecule has 0 radical (unpaired) electrons. The van der Waals surface area contributed by atoms with E-state index in [-0.39, 0.29) is 0 Å². The summed E-state index contributed by atoms with van der Waals surface area (Å²) in [7, 11) is 0. The van der Waals surface area contributed by atoms with Crippen LogP contribution in [-0.4, -0.2) is 21.6 Å². The molecule has 1 aliphatic carbocycles. The van der Waals surface area contributed by atoms with Crippen LogP contribution < -0.4 is 0 Å². The average Bonchev–Trinajstić information content (AvgIpc) is 2.56. The maximum absolute atomic E-state index is 10.2. The molecule has 2 aromatic rings. The van der Waals surface area contributed by atoms with Crippen molar-refractivity contribution in [3.8, 4) is 0 Å². The first-order valence-corrected chi connectivity index (χ1v) is 8.67. The largest absolute Gasteiger partial charge is 0.390 e. The van der Waals surface area contributed by atoms with Crippen molar-refractivity contribution in [1.29, 1.82) is 0 Å². The van der Waals surface area contributed by atoms with Gasteiger partial charge in [-0.05, 0) is 43.7 Å². The standard InChI is InChI=1S/C21H27NO/c1-21(23)14-12-20(13-15-21)22(16-18-8-4-2-5-9-18)17-19-10-6-3-7-11-19/h2-11,20,23H,12-17H2,1H3/t20-,21+. The highest BCUT2D eigenvalue weighted by atomic mass is 16.3. The molecule has 3 rings (SSSR count). The second-order valence-corrected chi connectivity index (χ2v) is 7.10. The highest BCUT2D eigenvalue weighted by Gasteiger charge is 2.31. The predicted octanol–water partition coefficient (Wildman–Crippen LogP) is 4.38. The minimum absolute atomic E-state index is 0.471. The van der Waals surface area contributed by atoms with Crippen LogP contribution in [0.1, 0.15) is 43.7 Å². The third kappa shape index (κ3) is 4.66. The first-order valence-electron chi connectivity index (χ1n) is 8.67. The van der Waals surface area contributed by atoms with Gasteiger partial charge in [-0.1, -0.05) is 60.7 Å². The van der Waals surface area contributed by atoms with Gasteiger partial charge in [-0.2, -0.15) is 0 Å². The van der Waals surface area contributed by atoms with Crippen LogP contribution in [0.5, 0.6) is 0 Å². The van der Waals surface area contributed by atoms with Crippen LogP contribution in [0.4, 0.5) is 0 Å². The van der Waals surface area contributed by atoms with Crippen LogP contribution in [0.25, 0.3) is 0 Å². The quantitative estimate of drug-likeness (QED) is 0.886. The fourth-order valence-electron chi connectivity index (χ4n) is 3.54. The predicted molar refractivity (Wildman–Crippen MR) is 95.0 cm³/mol. The molecule has 0 amide bonds. The number of nitrogens with zero attached hydrogens (tertiary/aromatic N) is 1. The summed E-state index contributed by atoms with van der Waals surface area (Å²) in [4.78, 5) is 2.58. The van der Waals surface area contributed by atoms with Gasteiger partial charge in [-0.25, -0.2) is 0 Å². The van der Waals surface area contributed by atoms with Gasteiger partial charge in [0, 0.05) is 19.1 Å². The van der Waals surface area contributed by atoms with Crippen molar-refractivity contribution in [2.45, 2.75) is 57.3 Å². The molecule has 0 saturated heterocycles. The minimum Gasteiger partial charge on any atom is -0.390 e. The van der Waals surface area contributed by atoms with Gasteiger partial charge < -0.3 is 5.11 Å². The van der Waals surface area contributed by atoms with Crippen molar-refractivity contribution >= 4 is 0 Å². The van der Waals surface area contributed by atoms with Crippen molar-refractivity contribution in [1.82, 2.24) is 4.90 Å². The van der Waals surface area contributed by atoms with Crippen molar-refractivity contribution in [3.63, 3.8) is 0 Å². The molecule has 0 aliphatic heterocycles. The van der Waals surface area contributed by atoms with Gasteiger partial charge in [0.05, 0.1) is 5.60 Å². The van der Waals surface area contributed by atoms with Gasteiger partial charge in [0.2, 0.25) is 0 Å². The Bertz CT molecular complexity index is 542. The molecule has 2 aromatic carbocycles. The molecule has 0 bridgehead atoms. The van der Waals surface area contributed by atoms with Crippen molar-refractivity contribution in [2.24, 2.45) is 0 Å². The Morgan fingerprint density at radius 3 is 1.74 bits per heavy atom. The molecule has 0 heterocycles. The topological polar surface area (TPSA) is 23.5 Å². The van der Waals surface area contributed by atoms with Crippen molar-refractivity contribution < 1.29 is 5.11 Å². The fourth-order valence-corrected chi connectivity index (χ4v) is 3.54. The number of aliphatic hydroxyl groups is 1. The molecule has 0 aromatic heterocycles. The molecule has 23 heavy (non-hydrogen) atoms. The average molecular weight is 309 g/mol. The van der Waals surface area contributed by atoms with Crippen LogP contribution in [-0.2, 0) is 13.1 Å². The third-order valence-corrected chi connectivity index (χ3v) is 5.01. The highest BCUT2D eigenvalue weighted by Crippen LogP contribution is 2.31. The summed E-state index contributed by atoms with van der Waals surface area (Å²) in [6, 6.07) is 22.0. The van der Waals surface area contributed by atoms with Crippen molar-refractivity contribution in [2.75, 3.05) is 0 Å². The molecular formula is C21H27NO. The molecule has 122 valence electrons. The Morgan fingerprint density at radius 2 is 1.30 bits per heavy atom. The zero-order chi connectivity index (χ0) is 16.1. The maximum atomic E-state index is 10.2. The number of hydrogen-bond donors (Lipinski definition) is 1. The van der Waals surface area contributed by atoms with E-state index in [1.807, 2.05) is 6.92 Å². The molecule has 0 spiro atoms. The summed E-state index contributed by atoms with van der Waals surface area (Å²) >= 11 is 0. The second kappa shape index (κ2) is 7.29. The molecule has 1 N–H and O–H groups in total. The SMILES string of the molecule is C[C@]1(O)CC[C@@H](N(Cc2ccccc2)Cc2ccccc2)CC1. The van der Waals surface area contributed by atoms with Gasteiger partial charge >= 0.3 is 0 Å². The lowest BCUT2D eigenvalue weighted by Gasteiger charge is -2.39. The van der Waals surface area contributed by atoms with E-state index in [1.54, 1.807) is 0 Å². The second-order valence-electron chi connectivity index (χ2n) is 7.10. The Balaban J connectivity index is 1.73. The Kier molecular flexibility index (Phi) is 5.14. The molecule has 2 nitrogen and oxygen atoms in total. The van der Waals surface area contributed by atoms with Crippen LogP contribution >= 0.6 is 0 Å². The molecule has 0 atom stereocenters. The van der Waals surface area contributed by atoms with Crippen LogP contribution in [0.3, 0.4) is 0 Å². The zero-order valence-electron chi connectivity index (χ0n) is 14.0. The van der Waals surface area contributed by atoms with Crippen LogP contribution in [0.15, 0.2) is 60.7 Å². The van der Waals surface area contributed by atoms with Gasteiger partial charge in [-0.3, -0.25) is 4.90 Å². The molecule has 1 aliphatic rings. The van der Waals surface area contributed by atoms with E-state index in [0.29, 0.717) is 6.04 Å². The van der Waals surface area contributed by atoms with Gasteiger partial charge in [-0.15, -0.1) is 0 Å². The summed E-state index contributed by atoms with van der Waals surface area (Å²) in [5, 5.41) is 10.2. The summed E-state index contributed by atoms with van der Waals surface area (Å²) in [6.07, 6.45) is 3.95. The van der Waals surface area contributed by atoms with E-state index in [2.05, 4.69) is 65.6 Å². The fraction of sp³-hybridized carbons (Fsp3) is 0.429. The first-order chi connectivity index (χ1) is 11.1. The lowest BCUT2D eigenvalue weighted by atomic mass is 9.83. The number of benzene rings is 2. The Morgan fingerprint density at radius 1 is 0.870 bits per heavy atom. The normalized spacial score (nSPS) is 24.7. The monoisotopic (exact) mass is 309 g/mol. The van der Waals surface area contributed by atoms with Gasteiger partial charge in [0.1, 0.15) is 0 Å². The van der Waals surface area contributed by atoms with Gasteiger partial charge in [0.15, 0.2) is 0 Å². The van der Waals surface area contributed by atoms with E-state index in [9.17, 15) is 5.11 Å². The van der Waals surface area contributed by atoms with Gasteiger partial charge in [0.25, 0.3) is 0 Å². The first kappa shape index (κ1) is 16.2. The minimum atomic E-state index is -0.471. The summed E-state index contributed by atoms with van der Waals surface area (Å²) in [6.45, 7) is 3.92. The summed E-state index contributed by atoms with van der Waals surface area (Å²) in [5.41, 5.74) is 2.25. The number of hydrogen-bond acceptors (Lipinski definition) is 2. The number of rotatable bonds is 5. The van der Waals surface area contributed by atoms with E-state index in [4.69, 9.17) is 0 Å².